The minimum Gasteiger partial charge on any atom is -0.143 e. The van der Waals surface area contributed by atoms with Gasteiger partial charge in [-0.1, -0.05) is 78.1 Å². The van der Waals surface area contributed by atoms with Crippen molar-refractivity contribution in [2.75, 3.05) is 0 Å². The molecule has 1 unspecified atom stereocenters. The van der Waals surface area contributed by atoms with E-state index in [-0.39, 0.29) is 0 Å². The Morgan fingerprint density at radius 1 is 1.03 bits per heavy atom. The van der Waals surface area contributed by atoms with Crippen molar-refractivity contribution < 1.29 is 0 Å². The van der Waals surface area contributed by atoms with E-state index in [9.17, 15) is 0 Å². The van der Waals surface area contributed by atoms with Crippen molar-refractivity contribution in [3.8, 4) is 0 Å². The van der Waals surface area contributed by atoms with Crippen LogP contribution in [0.4, 0.5) is 0 Å². The second-order valence-electron chi connectivity index (χ2n) is 10.1. The van der Waals surface area contributed by atoms with Crippen molar-refractivity contribution in [3.05, 3.63) is 105 Å². The molecule has 0 aliphatic carbocycles. The molecule has 0 amide bonds. The Morgan fingerprint density at radius 2 is 1.67 bits per heavy atom. The predicted molar refractivity (Wildman–Crippen MR) is 173 cm³/mol. The minimum absolute atomic E-state index is 0.465. The van der Waals surface area contributed by atoms with Crippen molar-refractivity contribution in [1.82, 2.24) is 0 Å². The van der Waals surface area contributed by atoms with E-state index < -0.39 is 5.41 Å². The molecule has 36 heavy (non-hydrogen) atoms. The zero-order valence-electron chi connectivity index (χ0n) is 24.3. The molecule has 0 saturated heterocycles. The molecule has 3 heteroatoms. The first kappa shape index (κ1) is 32.2. The van der Waals surface area contributed by atoms with Crippen molar-refractivity contribution >= 4 is 33.1 Å². The molecule has 1 aromatic carbocycles. The van der Waals surface area contributed by atoms with Crippen LogP contribution in [0.15, 0.2) is 104 Å². The van der Waals surface area contributed by atoms with Gasteiger partial charge in [0.05, 0.1) is 5.41 Å². The van der Waals surface area contributed by atoms with E-state index in [2.05, 4.69) is 138 Å². The van der Waals surface area contributed by atoms with Gasteiger partial charge in [0.1, 0.15) is 7.85 Å². The first-order chi connectivity index (χ1) is 16.9. The maximum atomic E-state index is 4.96. The van der Waals surface area contributed by atoms with Gasteiger partial charge in [0, 0.05) is 9.79 Å². The number of unbranched alkanes of at least 4 members (excludes halogenated alkanes) is 1. The van der Waals surface area contributed by atoms with E-state index >= 15 is 0 Å². The molecule has 0 nitrogen and oxygen atoms in total. The number of aryl methyl sites for hydroxylation is 1. The van der Waals surface area contributed by atoms with Crippen LogP contribution in [0.25, 0.3) is 0 Å². The standard InChI is InChI=1S/C33H47BS2/c1-11-14-16-28(13-3)29(15-12-2)23(6)17-18-33(21-22(4)5,26(9)25(8)27(10)34)30-19-24(7)31(35)20-32(30)36/h12-13,15,17-21,35-36H,10-11,14,16,34H2,1-9H3/b15-12+,18-17-,26-25-,28-13-,29-23+. The molecule has 0 bridgehead atoms. The summed E-state index contributed by atoms with van der Waals surface area (Å²) in [5, 5.41) is 0. The molecule has 0 aliphatic rings. The summed E-state index contributed by atoms with van der Waals surface area (Å²) in [5.41, 5.74) is 10.6. The fourth-order valence-corrected chi connectivity index (χ4v) is 5.23. The lowest BCUT2D eigenvalue weighted by Crippen LogP contribution is -2.26. The monoisotopic (exact) mass is 518 g/mol. The highest BCUT2D eigenvalue weighted by Gasteiger charge is 2.33. The third kappa shape index (κ3) is 8.08. The summed E-state index contributed by atoms with van der Waals surface area (Å²) in [4.78, 5) is 1.89. The lowest BCUT2D eigenvalue weighted by atomic mass is 9.69. The Morgan fingerprint density at radius 3 is 2.17 bits per heavy atom. The third-order valence-electron chi connectivity index (χ3n) is 6.95. The maximum absolute atomic E-state index is 4.96. The summed E-state index contributed by atoms with van der Waals surface area (Å²) in [6.07, 6.45) is 17.2. The van der Waals surface area contributed by atoms with Gasteiger partial charge in [-0.15, -0.1) is 31.8 Å². The lowest BCUT2D eigenvalue weighted by Gasteiger charge is -2.34. The normalized spacial score (nSPS) is 15.6. The Hall–Kier alpha value is -1.84. The van der Waals surface area contributed by atoms with Gasteiger partial charge in [-0.05, 0) is 102 Å². The van der Waals surface area contributed by atoms with Gasteiger partial charge in [0.2, 0.25) is 0 Å². The molecule has 0 fully saturated rings. The van der Waals surface area contributed by atoms with Crippen LogP contribution in [0.2, 0.25) is 0 Å². The predicted octanol–water partition coefficient (Wildman–Crippen LogP) is 9.84. The molecule has 0 radical (unpaired) electrons. The molecule has 194 valence electrons. The van der Waals surface area contributed by atoms with Crippen LogP contribution in [0, 0.1) is 6.92 Å². The fourth-order valence-electron chi connectivity index (χ4n) is 4.56. The molecule has 0 aromatic heterocycles. The number of thiol groups is 2. The summed E-state index contributed by atoms with van der Waals surface area (Å²) in [5.74, 6) is 0. The van der Waals surface area contributed by atoms with Gasteiger partial charge in [-0.3, -0.25) is 0 Å². The zero-order valence-corrected chi connectivity index (χ0v) is 26.1. The van der Waals surface area contributed by atoms with Gasteiger partial charge in [-0.25, -0.2) is 0 Å². The molecular formula is C33H47BS2. The summed E-state index contributed by atoms with van der Waals surface area (Å²) in [6.45, 7) is 23.8. The summed E-state index contributed by atoms with van der Waals surface area (Å²) in [6, 6.07) is 4.31. The summed E-state index contributed by atoms with van der Waals surface area (Å²) < 4.78 is 0. The van der Waals surface area contributed by atoms with Gasteiger partial charge in [0.15, 0.2) is 0 Å². The minimum atomic E-state index is -0.465. The molecule has 1 rings (SSSR count). The molecule has 0 spiro atoms. The van der Waals surface area contributed by atoms with Crippen LogP contribution < -0.4 is 0 Å². The molecular weight excluding hydrogens is 471 g/mol. The second kappa shape index (κ2) is 14.8. The molecule has 0 aliphatic heterocycles. The third-order valence-corrected chi connectivity index (χ3v) is 7.80. The Bertz CT molecular complexity index is 1130. The van der Waals surface area contributed by atoms with E-state index in [1.54, 1.807) is 0 Å². The van der Waals surface area contributed by atoms with Crippen molar-refractivity contribution in [3.63, 3.8) is 0 Å². The number of benzene rings is 1. The zero-order chi connectivity index (χ0) is 27.6. The van der Waals surface area contributed by atoms with E-state index in [0.717, 1.165) is 32.8 Å². The Kier molecular flexibility index (Phi) is 13.2. The summed E-state index contributed by atoms with van der Waals surface area (Å²) >= 11 is 9.63. The van der Waals surface area contributed by atoms with Crippen molar-refractivity contribution in [1.29, 1.82) is 0 Å². The van der Waals surface area contributed by atoms with Gasteiger partial charge in [0.25, 0.3) is 0 Å². The van der Waals surface area contributed by atoms with Gasteiger partial charge in [-0.2, -0.15) is 0 Å². The van der Waals surface area contributed by atoms with Crippen LogP contribution >= 0.6 is 25.3 Å². The average molecular weight is 519 g/mol. The number of hydrogen-bond acceptors (Lipinski definition) is 2. The largest absolute Gasteiger partial charge is 0.143 e. The highest BCUT2D eigenvalue weighted by molar-refractivity contribution is 7.81. The first-order valence-corrected chi connectivity index (χ1v) is 14.0. The molecule has 0 N–H and O–H groups in total. The first-order valence-electron chi connectivity index (χ1n) is 13.1. The molecule has 0 heterocycles. The summed E-state index contributed by atoms with van der Waals surface area (Å²) in [7, 11) is 2.08. The smallest absolute Gasteiger partial charge is 0.138 e. The maximum Gasteiger partial charge on any atom is 0.138 e. The second-order valence-corrected chi connectivity index (χ2v) is 11.1. The highest BCUT2D eigenvalue weighted by Crippen LogP contribution is 2.43. The highest BCUT2D eigenvalue weighted by atomic mass is 32.1. The number of hydrogen-bond donors (Lipinski definition) is 2. The van der Waals surface area contributed by atoms with Crippen LogP contribution in [0.3, 0.4) is 0 Å². The average Bonchev–Trinajstić information content (AvgIpc) is 2.82. The topological polar surface area (TPSA) is 0 Å². The quantitative estimate of drug-likeness (QED) is 0.124. The van der Waals surface area contributed by atoms with Crippen molar-refractivity contribution in [2.24, 2.45) is 0 Å². The SMILES string of the molecule is BC(=C)/C(C)=C(/C)C(C=C(C)C)(\C=C/C(C)=C(\C=C\C)C(=C\C)/CCCC)c1cc(C)c(S)cc1S. The van der Waals surface area contributed by atoms with E-state index in [4.69, 9.17) is 12.6 Å². The van der Waals surface area contributed by atoms with E-state index in [1.807, 2.05) is 0 Å². The van der Waals surface area contributed by atoms with E-state index in [1.165, 1.54) is 46.3 Å². The van der Waals surface area contributed by atoms with Crippen LogP contribution in [0.5, 0.6) is 0 Å². The molecule has 1 aromatic rings. The van der Waals surface area contributed by atoms with Crippen molar-refractivity contribution in [2.45, 2.75) is 96.8 Å². The molecule has 1 atom stereocenters. The Labute approximate surface area is 234 Å². The van der Waals surface area contributed by atoms with Gasteiger partial charge >= 0.3 is 0 Å². The Balaban J connectivity index is 4.13. The number of rotatable bonds is 11. The van der Waals surface area contributed by atoms with Crippen LogP contribution in [-0.4, -0.2) is 7.85 Å². The lowest BCUT2D eigenvalue weighted by molar-refractivity contribution is 0.749. The van der Waals surface area contributed by atoms with Gasteiger partial charge < -0.3 is 0 Å². The van der Waals surface area contributed by atoms with Crippen LogP contribution in [-0.2, 0) is 5.41 Å². The van der Waals surface area contributed by atoms with Crippen LogP contribution in [0.1, 0.15) is 85.8 Å². The van der Waals surface area contributed by atoms with E-state index in [0.29, 0.717) is 0 Å². The fraction of sp³-hybridized carbons (Fsp3) is 0.394. The number of allylic oxidation sites excluding steroid dienone is 13. The molecule has 0 saturated carbocycles.